The zero-order valence-electron chi connectivity index (χ0n) is 8.02. The SMILES string of the molecule is N#Cc1cc2c([nH]c1=O)sc1ccncc12. The third kappa shape index (κ3) is 1.14. The number of nitrogens with one attached hydrogen (secondary N) is 1. The molecule has 0 bridgehead atoms. The van der Waals surface area contributed by atoms with E-state index in [4.69, 9.17) is 5.26 Å². The molecule has 3 rings (SSSR count). The van der Waals surface area contributed by atoms with Gasteiger partial charge in [0.2, 0.25) is 0 Å². The fourth-order valence-electron chi connectivity index (χ4n) is 1.66. The number of rotatable bonds is 0. The summed E-state index contributed by atoms with van der Waals surface area (Å²) >= 11 is 1.49. The number of hydrogen-bond acceptors (Lipinski definition) is 4. The minimum Gasteiger partial charge on any atom is -0.312 e. The highest BCUT2D eigenvalue weighted by molar-refractivity contribution is 7.25. The molecule has 0 spiro atoms. The van der Waals surface area contributed by atoms with E-state index in [1.165, 1.54) is 11.3 Å². The lowest BCUT2D eigenvalue weighted by atomic mass is 10.2. The van der Waals surface area contributed by atoms with E-state index < -0.39 is 0 Å². The van der Waals surface area contributed by atoms with Gasteiger partial charge in [0.15, 0.2) is 0 Å². The average molecular weight is 227 g/mol. The molecule has 3 aromatic heterocycles. The molecule has 3 aromatic rings. The summed E-state index contributed by atoms with van der Waals surface area (Å²) in [5.41, 5.74) is -0.203. The van der Waals surface area contributed by atoms with Crippen LogP contribution >= 0.6 is 11.3 Å². The molecule has 1 N–H and O–H groups in total. The van der Waals surface area contributed by atoms with Crippen LogP contribution in [0.5, 0.6) is 0 Å². The van der Waals surface area contributed by atoms with Crippen molar-refractivity contribution < 1.29 is 0 Å². The highest BCUT2D eigenvalue weighted by Gasteiger charge is 2.08. The molecule has 0 aromatic carbocycles. The van der Waals surface area contributed by atoms with Crippen LogP contribution in [0.1, 0.15) is 5.56 Å². The largest absolute Gasteiger partial charge is 0.312 e. The number of thiophene rings is 1. The van der Waals surface area contributed by atoms with Crippen LogP contribution in [0.3, 0.4) is 0 Å². The maximum Gasteiger partial charge on any atom is 0.266 e. The van der Waals surface area contributed by atoms with Crippen molar-refractivity contribution in [3.63, 3.8) is 0 Å². The van der Waals surface area contributed by atoms with Crippen LogP contribution in [-0.4, -0.2) is 9.97 Å². The van der Waals surface area contributed by atoms with Crippen molar-refractivity contribution >= 4 is 31.6 Å². The van der Waals surface area contributed by atoms with E-state index >= 15 is 0 Å². The maximum atomic E-state index is 11.5. The fraction of sp³-hybridized carbons (Fsp3) is 0. The molecule has 0 saturated carbocycles. The van der Waals surface area contributed by atoms with E-state index in [0.717, 1.165) is 20.3 Å². The van der Waals surface area contributed by atoms with Crippen LogP contribution in [0.25, 0.3) is 20.3 Å². The van der Waals surface area contributed by atoms with E-state index in [9.17, 15) is 4.79 Å². The lowest BCUT2D eigenvalue weighted by molar-refractivity contribution is 1.29. The van der Waals surface area contributed by atoms with Crippen LogP contribution in [0.4, 0.5) is 0 Å². The van der Waals surface area contributed by atoms with E-state index in [-0.39, 0.29) is 11.1 Å². The van der Waals surface area contributed by atoms with E-state index in [1.807, 2.05) is 12.1 Å². The molecule has 0 aliphatic carbocycles. The number of pyridine rings is 2. The van der Waals surface area contributed by atoms with E-state index in [0.29, 0.717) is 0 Å². The second-order valence-electron chi connectivity index (χ2n) is 3.34. The second-order valence-corrected chi connectivity index (χ2v) is 4.39. The first kappa shape index (κ1) is 9.07. The standard InChI is InChI=1S/C11H5N3OS/c12-4-6-3-7-8-5-13-2-1-9(8)16-11(7)14-10(6)15/h1-3,5H,(H,14,15). The van der Waals surface area contributed by atoms with Crippen LogP contribution in [-0.2, 0) is 0 Å². The van der Waals surface area contributed by atoms with Crippen molar-refractivity contribution in [2.24, 2.45) is 0 Å². The van der Waals surface area contributed by atoms with Gasteiger partial charge in [-0.2, -0.15) is 5.26 Å². The quantitative estimate of drug-likeness (QED) is 0.638. The first-order valence-corrected chi connectivity index (χ1v) is 5.41. The van der Waals surface area contributed by atoms with Gasteiger partial charge in [-0.15, -0.1) is 11.3 Å². The molecule has 0 radical (unpaired) electrons. The summed E-state index contributed by atoms with van der Waals surface area (Å²) in [6, 6.07) is 5.40. The summed E-state index contributed by atoms with van der Waals surface area (Å²) in [6.07, 6.45) is 3.45. The van der Waals surface area contributed by atoms with Crippen molar-refractivity contribution in [3.05, 3.63) is 40.4 Å². The van der Waals surface area contributed by atoms with E-state index in [1.54, 1.807) is 18.5 Å². The van der Waals surface area contributed by atoms with Crippen LogP contribution in [0.2, 0.25) is 0 Å². The predicted molar refractivity (Wildman–Crippen MR) is 62.5 cm³/mol. The number of fused-ring (bicyclic) bond motifs is 3. The summed E-state index contributed by atoms with van der Waals surface area (Å²) in [7, 11) is 0. The minimum atomic E-state index is -0.338. The van der Waals surface area contributed by atoms with Crippen molar-refractivity contribution in [2.45, 2.75) is 0 Å². The van der Waals surface area contributed by atoms with Crippen LogP contribution in [0, 0.1) is 11.3 Å². The van der Waals surface area contributed by atoms with Gasteiger partial charge in [-0.1, -0.05) is 0 Å². The molecule has 0 fully saturated rings. The number of aromatic amines is 1. The Morgan fingerprint density at radius 3 is 3.12 bits per heavy atom. The molecule has 3 heterocycles. The van der Waals surface area contributed by atoms with Gasteiger partial charge in [0.1, 0.15) is 16.5 Å². The molecule has 0 amide bonds. The summed E-state index contributed by atoms with van der Waals surface area (Å²) in [5.74, 6) is 0. The van der Waals surface area contributed by atoms with Gasteiger partial charge in [0, 0.05) is 27.9 Å². The molecule has 0 atom stereocenters. The number of aromatic nitrogens is 2. The Morgan fingerprint density at radius 1 is 1.44 bits per heavy atom. The molecule has 76 valence electrons. The molecule has 0 saturated heterocycles. The minimum absolute atomic E-state index is 0.135. The summed E-state index contributed by atoms with van der Waals surface area (Å²) in [4.78, 5) is 19.0. The molecular formula is C11H5N3OS. The fourth-order valence-corrected chi connectivity index (χ4v) is 2.70. The smallest absolute Gasteiger partial charge is 0.266 e. The first-order chi connectivity index (χ1) is 7.79. The van der Waals surface area contributed by atoms with Crippen molar-refractivity contribution in [3.8, 4) is 6.07 Å². The van der Waals surface area contributed by atoms with Gasteiger partial charge in [0.25, 0.3) is 5.56 Å². The number of nitrogens with zero attached hydrogens (tertiary/aromatic N) is 2. The zero-order valence-corrected chi connectivity index (χ0v) is 8.84. The monoisotopic (exact) mass is 227 g/mol. The number of hydrogen-bond donors (Lipinski definition) is 1. The van der Waals surface area contributed by atoms with Gasteiger partial charge in [0.05, 0.1) is 0 Å². The highest BCUT2D eigenvalue weighted by atomic mass is 32.1. The third-order valence-electron chi connectivity index (χ3n) is 2.41. The van der Waals surface area contributed by atoms with Gasteiger partial charge in [-0.05, 0) is 12.1 Å². The lowest BCUT2D eigenvalue weighted by Gasteiger charge is -1.91. The van der Waals surface area contributed by atoms with Gasteiger partial charge in [-0.3, -0.25) is 9.78 Å². The average Bonchev–Trinajstić information content (AvgIpc) is 2.65. The lowest BCUT2D eigenvalue weighted by Crippen LogP contribution is -2.08. The van der Waals surface area contributed by atoms with Crippen molar-refractivity contribution in [1.29, 1.82) is 5.26 Å². The molecule has 0 aliphatic rings. The Hall–Kier alpha value is -2.19. The second kappa shape index (κ2) is 3.15. The Labute approximate surface area is 93.8 Å². The normalized spacial score (nSPS) is 10.7. The molecule has 4 nitrogen and oxygen atoms in total. The Bertz CT molecular complexity index is 794. The zero-order chi connectivity index (χ0) is 11.1. The van der Waals surface area contributed by atoms with E-state index in [2.05, 4.69) is 9.97 Å². The summed E-state index contributed by atoms with van der Waals surface area (Å²) in [6.45, 7) is 0. The Balaban J connectivity index is 2.58. The summed E-state index contributed by atoms with van der Waals surface area (Å²) < 4.78 is 1.05. The molecule has 0 unspecified atom stereocenters. The Morgan fingerprint density at radius 2 is 2.31 bits per heavy atom. The topological polar surface area (TPSA) is 69.5 Å². The van der Waals surface area contributed by atoms with Gasteiger partial charge in [-0.25, -0.2) is 0 Å². The van der Waals surface area contributed by atoms with Crippen molar-refractivity contribution in [2.75, 3.05) is 0 Å². The molecular weight excluding hydrogens is 222 g/mol. The number of H-pyrrole nitrogens is 1. The van der Waals surface area contributed by atoms with Gasteiger partial charge < -0.3 is 4.98 Å². The van der Waals surface area contributed by atoms with Crippen molar-refractivity contribution in [1.82, 2.24) is 9.97 Å². The van der Waals surface area contributed by atoms with Crippen LogP contribution < -0.4 is 5.56 Å². The third-order valence-corrected chi connectivity index (χ3v) is 3.51. The first-order valence-electron chi connectivity index (χ1n) is 4.59. The van der Waals surface area contributed by atoms with Crippen LogP contribution in [0.15, 0.2) is 29.3 Å². The molecule has 0 aliphatic heterocycles. The number of nitriles is 1. The van der Waals surface area contributed by atoms with Gasteiger partial charge >= 0.3 is 0 Å². The molecule has 16 heavy (non-hydrogen) atoms. The maximum absolute atomic E-state index is 11.5. The Kier molecular flexibility index (Phi) is 1.79. The summed E-state index contributed by atoms with van der Waals surface area (Å²) in [5, 5.41) is 10.7. The molecule has 5 heteroatoms. The highest BCUT2D eigenvalue weighted by Crippen LogP contribution is 2.30. The predicted octanol–water partition coefficient (Wildman–Crippen LogP) is 2.01.